The number of aryl methyl sites for hydroxylation is 1. The van der Waals surface area contributed by atoms with Crippen molar-refractivity contribution in [3.8, 4) is 0 Å². The predicted octanol–water partition coefficient (Wildman–Crippen LogP) is 2.50. The molecule has 0 atom stereocenters. The minimum Gasteiger partial charge on any atom is -0.347 e. The van der Waals surface area contributed by atoms with E-state index in [1.54, 1.807) is 43.3 Å². The van der Waals surface area contributed by atoms with Gasteiger partial charge < -0.3 is 10.6 Å². The lowest BCUT2D eigenvalue weighted by Crippen LogP contribution is -2.34. The summed E-state index contributed by atoms with van der Waals surface area (Å²) >= 11 is 6.02. The van der Waals surface area contributed by atoms with Gasteiger partial charge >= 0.3 is 0 Å². The average molecular weight is 399 g/mol. The van der Waals surface area contributed by atoms with E-state index in [4.69, 9.17) is 11.6 Å². The number of hydrogen-bond donors (Lipinski definition) is 2. The van der Waals surface area contributed by atoms with Gasteiger partial charge in [-0.3, -0.25) is 19.0 Å². The maximum atomic E-state index is 12.4. The Bertz CT molecular complexity index is 1090. The molecule has 0 spiro atoms. The van der Waals surface area contributed by atoms with Crippen LogP contribution < -0.4 is 16.2 Å². The lowest BCUT2D eigenvalue weighted by atomic mass is 10.2. The number of hydrogen-bond acceptors (Lipinski definition) is 4. The molecule has 0 aliphatic rings. The van der Waals surface area contributed by atoms with E-state index in [1.807, 2.05) is 6.07 Å². The lowest BCUT2D eigenvalue weighted by Gasteiger charge is -2.10. The predicted molar refractivity (Wildman–Crippen MR) is 108 cm³/mol. The summed E-state index contributed by atoms with van der Waals surface area (Å²) in [5.41, 5.74) is 1.77. The Morgan fingerprint density at radius 2 is 1.89 bits per heavy atom. The van der Waals surface area contributed by atoms with E-state index in [9.17, 15) is 14.4 Å². The molecule has 0 aliphatic heterocycles. The van der Waals surface area contributed by atoms with Crippen molar-refractivity contribution in [1.29, 1.82) is 0 Å². The smallest absolute Gasteiger partial charge is 0.261 e. The summed E-state index contributed by atoms with van der Waals surface area (Å²) in [5, 5.41) is 6.30. The number of rotatable bonds is 6. The Morgan fingerprint density at radius 3 is 2.71 bits per heavy atom. The molecule has 2 N–H and O–H groups in total. The SMILES string of the molecule is Cc1c(Cl)cccc1NC(=O)CNC(=O)CCn1cnc2ccccc2c1=O. The summed E-state index contributed by atoms with van der Waals surface area (Å²) in [5.74, 6) is -0.693. The van der Waals surface area contributed by atoms with Gasteiger partial charge in [-0.2, -0.15) is 0 Å². The largest absolute Gasteiger partial charge is 0.347 e. The molecule has 0 saturated heterocycles. The zero-order chi connectivity index (χ0) is 20.1. The molecule has 2 aromatic carbocycles. The second-order valence-electron chi connectivity index (χ2n) is 6.25. The van der Waals surface area contributed by atoms with Gasteiger partial charge in [0, 0.05) is 23.7 Å². The van der Waals surface area contributed by atoms with E-state index < -0.39 is 0 Å². The zero-order valence-electron chi connectivity index (χ0n) is 15.2. The van der Waals surface area contributed by atoms with Crippen LogP contribution in [0.5, 0.6) is 0 Å². The topological polar surface area (TPSA) is 93.1 Å². The number of halogens is 1. The Morgan fingerprint density at radius 1 is 1.11 bits per heavy atom. The highest BCUT2D eigenvalue weighted by atomic mass is 35.5. The van der Waals surface area contributed by atoms with Crippen molar-refractivity contribution < 1.29 is 9.59 Å². The second kappa shape index (κ2) is 8.67. The van der Waals surface area contributed by atoms with Crippen LogP contribution in [0.3, 0.4) is 0 Å². The van der Waals surface area contributed by atoms with Crippen LogP contribution in [0.1, 0.15) is 12.0 Å². The van der Waals surface area contributed by atoms with Crippen molar-refractivity contribution in [2.45, 2.75) is 19.9 Å². The van der Waals surface area contributed by atoms with Crippen LogP contribution in [0.4, 0.5) is 5.69 Å². The van der Waals surface area contributed by atoms with Gasteiger partial charge in [0.2, 0.25) is 11.8 Å². The fourth-order valence-electron chi connectivity index (χ4n) is 2.69. The molecule has 1 heterocycles. The number of fused-ring (bicyclic) bond motifs is 1. The van der Waals surface area contributed by atoms with Crippen LogP contribution >= 0.6 is 11.6 Å². The standard InChI is InChI=1S/C20H19ClN4O3/c1-13-15(21)6-4-8-16(13)24-19(27)11-22-18(26)9-10-25-12-23-17-7-3-2-5-14(17)20(25)28/h2-8,12H,9-11H2,1H3,(H,22,26)(H,24,27). The Labute approximate surface area is 166 Å². The first-order chi connectivity index (χ1) is 13.5. The third kappa shape index (κ3) is 4.55. The molecule has 0 saturated carbocycles. The van der Waals surface area contributed by atoms with Crippen molar-refractivity contribution in [2.75, 3.05) is 11.9 Å². The summed E-state index contributed by atoms with van der Waals surface area (Å²) in [6, 6.07) is 12.2. The molecule has 1 aromatic heterocycles. The van der Waals surface area contributed by atoms with Gasteiger partial charge in [0.05, 0.1) is 23.8 Å². The van der Waals surface area contributed by atoms with Crippen molar-refractivity contribution in [2.24, 2.45) is 0 Å². The maximum Gasteiger partial charge on any atom is 0.261 e. The molecule has 3 rings (SSSR count). The summed E-state index contributed by atoms with van der Waals surface area (Å²) in [4.78, 5) is 40.6. The van der Waals surface area contributed by atoms with Crippen LogP contribution in [-0.4, -0.2) is 27.9 Å². The molecule has 8 heteroatoms. The van der Waals surface area contributed by atoms with E-state index in [0.717, 1.165) is 5.56 Å². The Balaban J connectivity index is 1.52. The molecule has 0 fully saturated rings. The minimum atomic E-state index is -0.358. The summed E-state index contributed by atoms with van der Waals surface area (Å²) in [7, 11) is 0. The first-order valence-electron chi connectivity index (χ1n) is 8.71. The third-order valence-electron chi connectivity index (χ3n) is 4.30. The van der Waals surface area contributed by atoms with Crippen molar-refractivity contribution >= 4 is 40.0 Å². The fourth-order valence-corrected chi connectivity index (χ4v) is 2.87. The molecule has 3 aromatic rings. The number of para-hydroxylation sites is 1. The number of aromatic nitrogens is 2. The molecular formula is C20H19ClN4O3. The highest BCUT2D eigenvalue weighted by Gasteiger charge is 2.10. The van der Waals surface area contributed by atoms with E-state index in [-0.39, 0.29) is 36.9 Å². The number of nitrogens with zero attached hydrogens (tertiary/aromatic N) is 2. The van der Waals surface area contributed by atoms with Crippen LogP contribution in [0.25, 0.3) is 10.9 Å². The number of nitrogens with one attached hydrogen (secondary N) is 2. The van der Waals surface area contributed by atoms with E-state index >= 15 is 0 Å². The third-order valence-corrected chi connectivity index (χ3v) is 4.71. The quantitative estimate of drug-likeness (QED) is 0.667. The lowest BCUT2D eigenvalue weighted by molar-refractivity contribution is -0.124. The van der Waals surface area contributed by atoms with Crippen molar-refractivity contribution in [1.82, 2.24) is 14.9 Å². The van der Waals surface area contributed by atoms with Gasteiger partial charge in [-0.05, 0) is 36.8 Å². The number of benzene rings is 2. The monoisotopic (exact) mass is 398 g/mol. The fraction of sp³-hybridized carbons (Fsp3) is 0.200. The van der Waals surface area contributed by atoms with Gasteiger partial charge in [-0.1, -0.05) is 29.8 Å². The molecule has 0 unspecified atom stereocenters. The normalized spacial score (nSPS) is 10.6. The summed E-state index contributed by atoms with van der Waals surface area (Å²) in [6.07, 6.45) is 1.48. The first kappa shape index (κ1) is 19.6. The van der Waals surface area contributed by atoms with Gasteiger partial charge in [0.25, 0.3) is 5.56 Å². The highest BCUT2D eigenvalue weighted by Crippen LogP contribution is 2.22. The van der Waals surface area contributed by atoms with Crippen LogP contribution in [0.2, 0.25) is 5.02 Å². The van der Waals surface area contributed by atoms with E-state index in [1.165, 1.54) is 10.9 Å². The highest BCUT2D eigenvalue weighted by molar-refractivity contribution is 6.31. The van der Waals surface area contributed by atoms with Gasteiger partial charge in [-0.25, -0.2) is 4.98 Å². The average Bonchev–Trinajstić information content (AvgIpc) is 2.69. The number of anilines is 1. The number of amides is 2. The summed E-state index contributed by atoms with van der Waals surface area (Å²) < 4.78 is 1.39. The molecular weight excluding hydrogens is 380 g/mol. The zero-order valence-corrected chi connectivity index (χ0v) is 16.0. The van der Waals surface area contributed by atoms with Gasteiger partial charge in [0.1, 0.15) is 0 Å². The van der Waals surface area contributed by atoms with E-state index in [0.29, 0.717) is 21.6 Å². The summed E-state index contributed by atoms with van der Waals surface area (Å²) in [6.45, 7) is 1.80. The maximum absolute atomic E-state index is 12.4. The van der Waals surface area contributed by atoms with Crippen molar-refractivity contribution in [3.63, 3.8) is 0 Å². The molecule has 2 amide bonds. The van der Waals surface area contributed by atoms with Crippen molar-refractivity contribution in [3.05, 3.63) is 69.7 Å². The van der Waals surface area contributed by atoms with Gasteiger partial charge in [-0.15, -0.1) is 0 Å². The van der Waals surface area contributed by atoms with Crippen LogP contribution in [-0.2, 0) is 16.1 Å². The molecule has 0 aliphatic carbocycles. The Kier molecular flexibility index (Phi) is 6.06. The number of carbonyl (C=O) groups is 2. The molecule has 0 radical (unpaired) electrons. The first-order valence-corrected chi connectivity index (χ1v) is 9.09. The van der Waals surface area contributed by atoms with Crippen LogP contribution in [0, 0.1) is 6.92 Å². The number of carbonyl (C=O) groups excluding carboxylic acids is 2. The molecule has 0 bridgehead atoms. The van der Waals surface area contributed by atoms with E-state index in [2.05, 4.69) is 15.6 Å². The second-order valence-corrected chi connectivity index (χ2v) is 6.65. The van der Waals surface area contributed by atoms with Gasteiger partial charge in [0.15, 0.2) is 0 Å². The molecule has 28 heavy (non-hydrogen) atoms. The molecule has 144 valence electrons. The minimum absolute atomic E-state index is 0.0589. The Hall–Kier alpha value is -3.19. The molecule has 7 nitrogen and oxygen atoms in total. The van der Waals surface area contributed by atoms with Crippen LogP contribution in [0.15, 0.2) is 53.6 Å².